The maximum Gasteiger partial charge on any atom is 0.119 e. The van der Waals surface area contributed by atoms with Crippen LogP contribution >= 0.6 is 0 Å². The fraction of sp³-hybridized carbons (Fsp3) is 0.667. The van der Waals surface area contributed by atoms with E-state index in [1.807, 2.05) is 6.92 Å². The summed E-state index contributed by atoms with van der Waals surface area (Å²) in [5.41, 5.74) is 1.36. The van der Waals surface area contributed by atoms with Gasteiger partial charge in [-0.3, -0.25) is 0 Å². The molecule has 0 saturated carbocycles. The van der Waals surface area contributed by atoms with Crippen LogP contribution in [0, 0.1) is 5.92 Å². The highest BCUT2D eigenvalue weighted by Crippen LogP contribution is 2.23. The lowest BCUT2D eigenvalue weighted by atomic mass is 10.1. The molecule has 2 atom stereocenters. The van der Waals surface area contributed by atoms with Crippen LogP contribution in [0.2, 0.25) is 0 Å². The minimum atomic E-state index is 0.418. The zero-order valence-electron chi connectivity index (χ0n) is 13.8. The number of nitrogens with one attached hydrogen (secondary N) is 1. The molecule has 3 nitrogen and oxygen atoms in total. The summed E-state index contributed by atoms with van der Waals surface area (Å²) in [6, 6.07) is 8.99. The first-order chi connectivity index (χ1) is 10.3. The van der Waals surface area contributed by atoms with Gasteiger partial charge in [-0.25, -0.2) is 0 Å². The summed E-state index contributed by atoms with van der Waals surface area (Å²) in [5, 5.41) is 3.63. The van der Waals surface area contributed by atoms with Gasteiger partial charge in [0.15, 0.2) is 0 Å². The summed E-state index contributed by atoms with van der Waals surface area (Å²) in [7, 11) is 0. The number of ether oxygens (including phenoxy) is 1. The van der Waals surface area contributed by atoms with E-state index in [1.54, 1.807) is 0 Å². The second kappa shape index (κ2) is 8.40. The van der Waals surface area contributed by atoms with Crippen LogP contribution in [0.4, 0.5) is 0 Å². The summed E-state index contributed by atoms with van der Waals surface area (Å²) < 4.78 is 5.53. The summed E-state index contributed by atoms with van der Waals surface area (Å²) in [4.78, 5) is 2.61. The van der Waals surface area contributed by atoms with Gasteiger partial charge in [0.25, 0.3) is 0 Å². The summed E-state index contributed by atoms with van der Waals surface area (Å²) in [5.74, 6) is 1.86. The number of rotatable bonds is 8. The molecule has 1 N–H and O–H groups in total. The smallest absolute Gasteiger partial charge is 0.119 e. The molecule has 1 saturated heterocycles. The van der Waals surface area contributed by atoms with Gasteiger partial charge in [-0.05, 0) is 50.0 Å². The molecule has 0 aromatic heterocycles. The molecule has 3 heteroatoms. The Morgan fingerprint density at radius 2 is 2.00 bits per heavy atom. The van der Waals surface area contributed by atoms with Crippen molar-refractivity contribution in [1.29, 1.82) is 0 Å². The third-order valence-corrected chi connectivity index (χ3v) is 4.43. The highest BCUT2D eigenvalue weighted by molar-refractivity contribution is 5.29. The minimum Gasteiger partial charge on any atom is -0.494 e. The highest BCUT2D eigenvalue weighted by atomic mass is 16.5. The molecule has 118 valence electrons. The summed E-state index contributed by atoms with van der Waals surface area (Å²) >= 11 is 0. The van der Waals surface area contributed by atoms with E-state index in [2.05, 4.69) is 48.3 Å². The highest BCUT2D eigenvalue weighted by Gasteiger charge is 2.23. The zero-order chi connectivity index (χ0) is 15.1. The number of nitrogens with zero attached hydrogens (tertiary/aromatic N) is 1. The van der Waals surface area contributed by atoms with E-state index >= 15 is 0 Å². The predicted molar refractivity (Wildman–Crippen MR) is 88.9 cm³/mol. The van der Waals surface area contributed by atoms with Gasteiger partial charge in [-0.15, -0.1) is 0 Å². The number of hydrogen-bond acceptors (Lipinski definition) is 3. The van der Waals surface area contributed by atoms with Crippen LogP contribution < -0.4 is 10.1 Å². The number of hydrogen-bond donors (Lipinski definition) is 1. The van der Waals surface area contributed by atoms with E-state index in [-0.39, 0.29) is 0 Å². The van der Waals surface area contributed by atoms with E-state index in [0.29, 0.717) is 6.04 Å². The Kier molecular flexibility index (Phi) is 6.52. The van der Waals surface area contributed by atoms with E-state index in [1.165, 1.54) is 31.5 Å². The molecule has 0 spiro atoms. The first-order valence-electron chi connectivity index (χ1n) is 8.45. The Labute approximate surface area is 129 Å². The third kappa shape index (κ3) is 4.72. The van der Waals surface area contributed by atoms with Crippen LogP contribution in [0.1, 0.15) is 45.2 Å². The number of likely N-dealkylation sites (tertiary alicyclic amines) is 1. The minimum absolute atomic E-state index is 0.418. The molecule has 2 rings (SSSR count). The van der Waals surface area contributed by atoms with Gasteiger partial charge >= 0.3 is 0 Å². The van der Waals surface area contributed by atoms with E-state index in [0.717, 1.165) is 31.4 Å². The molecule has 0 amide bonds. The second-order valence-corrected chi connectivity index (χ2v) is 5.93. The summed E-state index contributed by atoms with van der Waals surface area (Å²) in [6.07, 6.45) is 2.67. The lowest BCUT2D eigenvalue weighted by Crippen LogP contribution is -2.34. The lowest BCUT2D eigenvalue weighted by Gasteiger charge is -2.25. The van der Waals surface area contributed by atoms with Crippen molar-refractivity contribution in [1.82, 2.24) is 10.2 Å². The molecular formula is C18H30N2O. The van der Waals surface area contributed by atoms with Gasteiger partial charge in [-0.2, -0.15) is 0 Å². The van der Waals surface area contributed by atoms with Gasteiger partial charge in [0.1, 0.15) is 5.75 Å². The summed E-state index contributed by atoms with van der Waals surface area (Å²) in [6.45, 7) is 11.9. The Hall–Kier alpha value is -1.06. The monoisotopic (exact) mass is 290 g/mol. The average molecular weight is 290 g/mol. The zero-order valence-corrected chi connectivity index (χ0v) is 13.8. The van der Waals surface area contributed by atoms with Gasteiger partial charge in [0.2, 0.25) is 0 Å². The van der Waals surface area contributed by atoms with Crippen molar-refractivity contribution in [2.45, 2.75) is 39.7 Å². The molecule has 1 heterocycles. The molecule has 0 bridgehead atoms. The quantitative estimate of drug-likeness (QED) is 0.793. The van der Waals surface area contributed by atoms with E-state index in [4.69, 9.17) is 4.74 Å². The first kappa shape index (κ1) is 16.3. The van der Waals surface area contributed by atoms with Crippen LogP contribution in [-0.4, -0.2) is 37.7 Å². The molecule has 0 aliphatic carbocycles. The van der Waals surface area contributed by atoms with Gasteiger partial charge in [-0.1, -0.05) is 32.4 Å². The van der Waals surface area contributed by atoms with Crippen LogP contribution in [0.3, 0.4) is 0 Å². The largest absolute Gasteiger partial charge is 0.494 e. The van der Waals surface area contributed by atoms with Crippen molar-refractivity contribution in [2.75, 3.05) is 32.8 Å². The molecule has 0 radical (unpaired) electrons. The third-order valence-electron chi connectivity index (χ3n) is 4.43. The molecule has 21 heavy (non-hydrogen) atoms. The number of benzene rings is 1. The standard InChI is InChI=1S/C18H30N2O/c1-4-15-11-12-20(13-15)14-18(19-5-2)16-7-9-17(10-8-16)21-6-3/h7-10,15,18-19H,4-6,11-14H2,1-3H3. The van der Waals surface area contributed by atoms with Crippen LogP contribution in [0.15, 0.2) is 24.3 Å². The lowest BCUT2D eigenvalue weighted by molar-refractivity contribution is 0.283. The van der Waals surface area contributed by atoms with Crippen molar-refractivity contribution in [3.05, 3.63) is 29.8 Å². The second-order valence-electron chi connectivity index (χ2n) is 5.93. The van der Waals surface area contributed by atoms with Crippen molar-refractivity contribution in [3.63, 3.8) is 0 Å². The van der Waals surface area contributed by atoms with Gasteiger partial charge in [0, 0.05) is 19.1 Å². The van der Waals surface area contributed by atoms with Crippen molar-refractivity contribution in [2.24, 2.45) is 5.92 Å². The molecule has 2 unspecified atom stereocenters. The predicted octanol–water partition coefficient (Wildman–Crippen LogP) is 3.47. The molecule has 1 aromatic rings. The maximum absolute atomic E-state index is 5.53. The van der Waals surface area contributed by atoms with E-state index < -0.39 is 0 Å². The molecule has 1 aliphatic heterocycles. The normalized spacial score (nSPS) is 20.6. The number of likely N-dealkylation sites (N-methyl/N-ethyl adjacent to an activating group) is 1. The molecule has 1 aliphatic rings. The van der Waals surface area contributed by atoms with Crippen molar-refractivity contribution in [3.8, 4) is 5.75 Å². The van der Waals surface area contributed by atoms with Crippen LogP contribution in [0.25, 0.3) is 0 Å². The fourth-order valence-electron chi connectivity index (χ4n) is 3.17. The van der Waals surface area contributed by atoms with Crippen molar-refractivity contribution < 1.29 is 4.74 Å². The molecule has 1 aromatic carbocycles. The Balaban J connectivity index is 1.97. The average Bonchev–Trinajstić information content (AvgIpc) is 2.96. The topological polar surface area (TPSA) is 24.5 Å². The molecule has 1 fully saturated rings. The Morgan fingerprint density at radius 1 is 1.24 bits per heavy atom. The van der Waals surface area contributed by atoms with Gasteiger partial charge in [0.05, 0.1) is 6.61 Å². The fourth-order valence-corrected chi connectivity index (χ4v) is 3.17. The Morgan fingerprint density at radius 3 is 2.57 bits per heavy atom. The maximum atomic E-state index is 5.53. The van der Waals surface area contributed by atoms with Gasteiger partial charge < -0.3 is 15.0 Å². The Bertz CT molecular complexity index is 404. The van der Waals surface area contributed by atoms with Crippen molar-refractivity contribution >= 4 is 0 Å². The molecular weight excluding hydrogens is 260 g/mol. The SMILES string of the molecule is CCNC(CN1CCC(CC)C1)c1ccc(OCC)cc1. The van der Waals surface area contributed by atoms with Crippen LogP contribution in [-0.2, 0) is 0 Å². The van der Waals surface area contributed by atoms with Crippen LogP contribution in [0.5, 0.6) is 5.75 Å². The first-order valence-corrected chi connectivity index (χ1v) is 8.45. The van der Waals surface area contributed by atoms with E-state index in [9.17, 15) is 0 Å².